The Morgan fingerprint density at radius 3 is 2.35 bits per heavy atom. The maximum atomic E-state index is 2.37. The maximum absolute atomic E-state index is 2.37. The topological polar surface area (TPSA) is 0 Å². The lowest BCUT2D eigenvalue weighted by molar-refractivity contribution is 0.868. The predicted octanol–water partition coefficient (Wildman–Crippen LogP) is 6.26. The van der Waals surface area contributed by atoms with E-state index >= 15 is 0 Å². The van der Waals surface area contributed by atoms with Gasteiger partial charge in [0.1, 0.15) is 0 Å². The molecular formula is C19H20S. The van der Waals surface area contributed by atoms with E-state index in [1.165, 1.54) is 38.3 Å². The van der Waals surface area contributed by atoms with Crippen molar-refractivity contribution in [1.29, 1.82) is 0 Å². The van der Waals surface area contributed by atoms with Crippen LogP contribution in [0.3, 0.4) is 0 Å². The molecular weight excluding hydrogens is 260 g/mol. The summed E-state index contributed by atoms with van der Waals surface area (Å²) < 4.78 is 0. The highest BCUT2D eigenvalue weighted by atomic mass is 32.1. The Hall–Kier alpha value is -1.60. The highest BCUT2D eigenvalue weighted by Gasteiger charge is 2.16. The summed E-state index contributed by atoms with van der Waals surface area (Å²) in [6.45, 7) is 8.98. The van der Waals surface area contributed by atoms with Crippen LogP contribution in [0.2, 0.25) is 0 Å². The molecule has 1 heteroatoms. The number of hydrogen-bond donors (Lipinski definition) is 0. The van der Waals surface area contributed by atoms with E-state index in [0.717, 1.165) is 0 Å². The minimum atomic E-state index is 0.560. The van der Waals surface area contributed by atoms with Crippen LogP contribution in [0.5, 0.6) is 0 Å². The van der Waals surface area contributed by atoms with Gasteiger partial charge >= 0.3 is 0 Å². The fourth-order valence-corrected chi connectivity index (χ4v) is 3.56. The van der Waals surface area contributed by atoms with Crippen molar-refractivity contribution in [2.75, 3.05) is 0 Å². The lowest BCUT2D eigenvalue weighted by Gasteiger charge is -2.03. The Bertz CT molecular complexity index is 705. The van der Waals surface area contributed by atoms with Crippen LogP contribution < -0.4 is 0 Å². The molecule has 3 rings (SSSR count). The highest BCUT2D eigenvalue weighted by molar-refractivity contribution is 7.13. The van der Waals surface area contributed by atoms with Gasteiger partial charge < -0.3 is 0 Å². The molecule has 0 saturated heterocycles. The van der Waals surface area contributed by atoms with Crippen molar-refractivity contribution in [3.63, 3.8) is 0 Å². The molecule has 0 aromatic carbocycles. The highest BCUT2D eigenvalue weighted by Crippen LogP contribution is 2.41. The molecule has 0 nitrogen and oxygen atoms in total. The molecule has 20 heavy (non-hydrogen) atoms. The fraction of sp³-hybridized carbons (Fsp3) is 0.263. The lowest BCUT2D eigenvalue weighted by Crippen LogP contribution is -1.84. The molecule has 0 bridgehead atoms. The van der Waals surface area contributed by atoms with Crippen molar-refractivity contribution in [3.8, 4) is 21.6 Å². The molecule has 102 valence electrons. The van der Waals surface area contributed by atoms with Crippen LogP contribution in [0.1, 0.15) is 36.5 Å². The van der Waals surface area contributed by atoms with Crippen molar-refractivity contribution >= 4 is 11.3 Å². The van der Waals surface area contributed by atoms with Crippen LogP contribution in [-0.4, -0.2) is 0 Å². The number of aryl methyl sites for hydroxylation is 1. The molecule has 0 aliphatic heterocycles. The smallest absolute Gasteiger partial charge is 0.0345 e. The largest absolute Gasteiger partial charge is 0.144 e. The normalized spacial score (nSPS) is 11.4. The molecule has 0 saturated carbocycles. The Labute approximate surface area is 125 Å². The molecule has 0 spiro atoms. The SMILES string of the molecule is Cc1ccc(C(C)C)cc2c(C)c(-c3cccs3)cc1-2. The number of fused-ring (bicyclic) bond motifs is 1. The van der Waals surface area contributed by atoms with Gasteiger partial charge in [-0.25, -0.2) is 0 Å². The summed E-state index contributed by atoms with van der Waals surface area (Å²) in [4.78, 5) is 1.37. The number of thiophene rings is 1. The molecule has 1 aromatic rings. The maximum Gasteiger partial charge on any atom is 0.0345 e. The summed E-state index contributed by atoms with van der Waals surface area (Å²) in [5.74, 6) is 0.560. The van der Waals surface area contributed by atoms with Crippen LogP contribution in [0.15, 0.2) is 41.8 Å². The van der Waals surface area contributed by atoms with Gasteiger partial charge in [-0.05, 0) is 70.7 Å². The first-order valence-electron chi connectivity index (χ1n) is 7.15. The van der Waals surface area contributed by atoms with Gasteiger partial charge in [0.05, 0.1) is 0 Å². The summed E-state index contributed by atoms with van der Waals surface area (Å²) in [7, 11) is 0. The zero-order chi connectivity index (χ0) is 14.3. The summed E-state index contributed by atoms with van der Waals surface area (Å²) in [6.07, 6.45) is 0. The molecule has 0 atom stereocenters. The van der Waals surface area contributed by atoms with E-state index in [9.17, 15) is 0 Å². The molecule has 0 unspecified atom stereocenters. The number of hydrogen-bond acceptors (Lipinski definition) is 1. The first-order valence-corrected chi connectivity index (χ1v) is 8.03. The van der Waals surface area contributed by atoms with Crippen molar-refractivity contribution in [1.82, 2.24) is 0 Å². The van der Waals surface area contributed by atoms with Gasteiger partial charge in [-0.3, -0.25) is 0 Å². The molecule has 2 aliphatic rings. The van der Waals surface area contributed by atoms with Gasteiger partial charge in [0.25, 0.3) is 0 Å². The van der Waals surface area contributed by atoms with Gasteiger partial charge in [-0.15, -0.1) is 11.3 Å². The molecule has 1 aromatic heterocycles. The molecule has 1 heterocycles. The van der Waals surface area contributed by atoms with Gasteiger partial charge in [0.15, 0.2) is 0 Å². The van der Waals surface area contributed by atoms with Crippen LogP contribution in [0.4, 0.5) is 0 Å². The Morgan fingerprint density at radius 1 is 0.900 bits per heavy atom. The van der Waals surface area contributed by atoms with Crippen molar-refractivity contribution in [2.45, 2.75) is 33.6 Å². The van der Waals surface area contributed by atoms with Crippen LogP contribution in [0.25, 0.3) is 21.6 Å². The molecule has 0 amide bonds. The van der Waals surface area contributed by atoms with Gasteiger partial charge in [0, 0.05) is 4.88 Å². The fourth-order valence-electron chi connectivity index (χ4n) is 2.76. The van der Waals surface area contributed by atoms with Crippen molar-refractivity contribution < 1.29 is 0 Å². The average Bonchev–Trinajstić information content (AvgIpc) is 2.99. The third kappa shape index (κ3) is 2.16. The second-order valence-corrected chi connectivity index (χ2v) is 6.75. The monoisotopic (exact) mass is 280 g/mol. The first-order chi connectivity index (χ1) is 9.58. The molecule has 0 N–H and O–H groups in total. The van der Waals surface area contributed by atoms with Crippen LogP contribution in [0, 0.1) is 13.8 Å². The van der Waals surface area contributed by atoms with E-state index in [1.54, 1.807) is 0 Å². The van der Waals surface area contributed by atoms with Crippen LogP contribution in [-0.2, 0) is 0 Å². The number of rotatable bonds is 2. The minimum Gasteiger partial charge on any atom is -0.144 e. The van der Waals surface area contributed by atoms with E-state index in [2.05, 4.69) is 69.5 Å². The molecule has 2 aliphatic carbocycles. The van der Waals surface area contributed by atoms with Gasteiger partial charge in [0.2, 0.25) is 0 Å². The Morgan fingerprint density at radius 2 is 1.70 bits per heavy atom. The quantitative estimate of drug-likeness (QED) is 0.519. The zero-order valence-corrected chi connectivity index (χ0v) is 13.3. The Balaban J connectivity index is 2.30. The van der Waals surface area contributed by atoms with Gasteiger partial charge in [-0.2, -0.15) is 0 Å². The summed E-state index contributed by atoms with van der Waals surface area (Å²) in [5.41, 5.74) is 8.35. The van der Waals surface area contributed by atoms with E-state index in [4.69, 9.17) is 0 Å². The summed E-state index contributed by atoms with van der Waals surface area (Å²) in [6, 6.07) is 13.6. The molecule has 0 radical (unpaired) electrons. The first kappa shape index (κ1) is 13.4. The van der Waals surface area contributed by atoms with Crippen molar-refractivity contribution in [2.24, 2.45) is 0 Å². The third-order valence-electron chi connectivity index (χ3n) is 4.10. The lowest BCUT2D eigenvalue weighted by atomic mass is 10.0. The second-order valence-electron chi connectivity index (χ2n) is 5.80. The van der Waals surface area contributed by atoms with E-state index in [1.807, 2.05) is 11.3 Å². The van der Waals surface area contributed by atoms with E-state index < -0.39 is 0 Å². The summed E-state index contributed by atoms with van der Waals surface area (Å²) in [5, 5.41) is 2.15. The average molecular weight is 280 g/mol. The standard InChI is InChI=1S/C19H20S/c1-12(2)15-8-7-13(3)16-11-18(14(4)17(16)10-15)19-6-5-9-20-19/h5-12H,1-4H3. The van der Waals surface area contributed by atoms with Gasteiger partial charge in [-0.1, -0.05) is 38.1 Å². The third-order valence-corrected chi connectivity index (χ3v) is 5.00. The minimum absolute atomic E-state index is 0.560. The zero-order valence-electron chi connectivity index (χ0n) is 12.5. The predicted molar refractivity (Wildman–Crippen MR) is 89.9 cm³/mol. The van der Waals surface area contributed by atoms with Crippen LogP contribution >= 0.6 is 11.3 Å². The van der Waals surface area contributed by atoms with Crippen molar-refractivity contribution in [3.05, 3.63) is 58.5 Å². The summed E-state index contributed by atoms with van der Waals surface area (Å²) >= 11 is 1.82. The molecule has 0 fully saturated rings. The van der Waals surface area contributed by atoms with E-state index in [-0.39, 0.29) is 0 Å². The van der Waals surface area contributed by atoms with E-state index in [0.29, 0.717) is 5.92 Å². The second kappa shape index (κ2) is 5.06. The Kier molecular flexibility index (Phi) is 3.39.